The predicted octanol–water partition coefficient (Wildman–Crippen LogP) is 2.98. The van der Waals surface area contributed by atoms with Gasteiger partial charge in [0.1, 0.15) is 12.0 Å². The minimum absolute atomic E-state index is 0.203. The number of phenolic OH excluding ortho intramolecular Hbond substituents is 1. The quantitative estimate of drug-likeness (QED) is 0.767. The van der Waals surface area contributed by atoms with Crippen molar-refractivity contribution in [3.8, 4) is 5.75 Å². The summed E-state index contributed by atoms with van der Waals surface area (Å²) in [4.78, 5) is 10.6. The molecule has 2 aromatic rings. The molecule has 0 unspecified atom stereocenters. The first-order chi connectivity index (χ1) is 6.76. The van der Waals surface area contributed by atoms with Gasteiger partial charge in [-0.3, -0.25) is 4.79 Å². The van der Waals surface area contributed by atoms with Crippen LogP contribution >= 0.6 is 11.3 Å². The molecule has 0 atom stereocenters. The van der Waals surface area contributed by atoms with Gasteiger partial charge in [-0.05, 0) is 29.5 Å². The Kier molecular flexibility index (Phi) is 2.25. The van der Waals surface area contributed by atoms with Gasteiger partial charge in [0.15, 0.2) is 0 Å². The Morgan fingerprint density at radius 2 is 2.29 bits per heavy atom. The van der Waals surface area contributed by atoms with Crippen molar-refractivity contribution in [3.05, 3.63) is 28.6 Å². The average Bonchev–Trinajstić information content (AvgIpc) is 2.61. The third-order valence-corrected chi connectivity index (χ3v) is 3.34. The molecule has 1 heterocycles. The first-order valence-corrected chi connectivity index (χ1v) is 5.32. The Bertz CT molecular complexity index is 485. The number of carbonyl (C=O) groups excluding carboxylic acids is 1. The van der Waals surface area contributed by atoms with E-state index in [1.807, 2.05) is 11.4 Å². The van der Waals surface area contributed by atoms with E-state index in [4.69, 9.17) is 0 Å². The summed E-state index contributed by atoms with van der Waals surface area (Å²) < 4.78 is 0.868. The van der Waals surface area contributed by atoms with E-state index in [1.165, 1.54) is 23.0 Å². The zero-order valence-corrected chi connectivity index (χ0v) is 8.60. The monoisotopic (exact) mass is 206 g/mol. The van der Waals surface area contributed by atoms with Gasteiger partial charge in [-0.25, -0.2) is 0 Å². The first kappa shape index (κ1) is 9.21. The van der Waals surface area contributed by atoms with Crippen LogP contribution in [0.2, 0.25) is 0 Å². The van der Waals surface area contributed by atoms with Gasteiger partial charge in [0, 0.05) is 10.9 Å². The van der Waals surface area contributed by atoms with Gasteiger partial charge in [-0.1, -0.05) is 6.92 Å². The SMILES string of the molecule is CCc1csc2c(O)cc(C=O)cc12. The molecule has 0 saturated carbocycles. The molecule has 0 aliphatic heterocycles. The third-order valence-electron chi connectivity index (χ3n) is 2.27. The fraction of sp³-hybridized carbons (Fsp3) is 0.182. The van der Waals surface area contributed by atoms with Crippen molar-refractivity contribution in [3.63, 3.8) is 0 Å². The Balaban J connectivity index is 2.79. The highest BCUT2D eigenvalue weighted by molar-refractivity contribution is 7.17. The maximum atomic E-state index is 10.6. The lowest BCUT2D eigenvalue weighted by Crippen LogP contribution is -1.81. The lowest BCUT2D eigenvalue weighted by molar-refractivity contribution is 0.112. The zero-order valence-electron chi connectivity index (χ0n) is 7.78. The molecule has 2 nitrogen and oxygen atoms in total. The molecule has 1 aromatic heterocycles. The molecule has 3 heteroatoms. The standard InChI is InChI=1S/C11H10O2S/c1-2-8-6-14-11-9(8)3-7(5-12)4-10(11)13/h3-6,13H,2H2,1H3. The molecular formula is C11H10O2S. The van der Waals surface area contributed by atoms with E-state index in [9.17, 15) is 9.90 Å². The van der Waals surface area contributed by atoms with E-state index in [-0.39, 0.29) is 5.75 Å². The molecule has 0 fully saturated rings. The summed E-state index contributed by atoms with van der Waals surface area (Å²) in [7, 11) is 0. The maximum Gasteiger partial charge on any atom is 0.150 e. The molecule has 0 radical (unpaired) electrons. The van der Waals surface area contributed by atoms with Crippen LogP contribution in [0.4, 0.5) is 0 Å². The molecule has 0 amide bonds. The maximum absolute atomic E-state index is 10.6. The summed E-state index contributed by atoms with van der Waals surface area (Å²) in [6, 6.07) is 3.34. The molecule has 0 aliphatic rings. The molecule has 0 saturated heterocycles. The molecule has 72 valence electrons. The van der Waals surface area contributed by atoms with Gasteiger partial charge in [0.05, 0.1) is 4.70 Å². The Hall–Kier alpha value is -1.35. The Morgan fingerprint density at radius 1 is 1.50 bits per heavy atom. The van der Waals surface area contributed by atoms with Crippen molar-refractivity contribution in [2.45, 2.75) is 13.3 Å². The molecule has 2 rings (SSSR count). The fourth-order valence-electron chi connectivity index (χ4n) is 1.53. The van der Waals surface area contributed by atoms with Gasteiger partial charge >= 0.3 is 0 Å². The molecule has 0 bridgehead atoms. The van der Waals surface area contributed by atoms with Crippen molar-refractivity contribution in [1.29, 1.82) is 0 Å². The Morgan fingerprint density at radius 3 is 2.93 bits per heavy atom. The number of aromatic hydroxyl groups is 1. The number of fused-ring (bicyclic) bond motifs is 1. The lowest BCUT2D eigenvalue weighted by atomic mass is 10.1. The highest BCUT2D eigenvalue weighted by atomic mass is 32.1. The molecular weight excluding hydrogens is 196 g/mol. The summed E-state index contributed by atoms with van der Waals surface area (Å²) in [6.07, 6.45) is 1.68. The Labute approximate surface area is 85.8 Å². The average molecular weight is 206 g/mol. The second kappa shape index (κ2) is 3.42. The normalized spacial score (nSPS) is 10.6. The number of benzene rings is 1. The number of phenols is 1. The van der Waals surface area contributed by atoms with E-state index < -0.39 is 0 Å². The number of carbonyl (C=O) groups is 1. The lowest BCUT2D eigenvalue weighted by Gasteiger charge is -1.98. The van der Waals surface area contributed by atoms with Crippen LogP contribution < -0.4 is 0 Å². The van der Waals surface area contributed by atoms with Gasteiger partial charge in [-0.2, -0.15) is 0 Å². The summed E-state index contributed by atoms with van der Waals surface area (Å²) in [5.74, 6) is 0.203. The smallest absolute Gasteiger partial charge is 0.150 e. The molecule has 0 aliphatic carbocycles. The number of aryl methyl sites for hydroxylation is 1. The molecule has 0 spiro atoms. The van der Waals surface area contributed by atoms with Gasteiger partial charge < -0.3 is 5.11 Å². The number of hydrogen-bond donors (Lipinski definition) is 1. The molecule has 1 aromatic carbocycles. The second-order valence-electron chi connectivity index (χ2n) is 3.15. The largest absolute Gasteiger partial charge is 0.506 e. The number of thiophene rings is 1. The van der Waals surface area contributed by atoms with Gasteiger partial charge in [-0.15, -0.1) is 11.3 Å². The van der Waals surface area contributed by atoms with Crippen LogP contribution in [0.15, 0.2) is 17.5 Å². The van der Waals surface area contributed by atoms with Crippen molar-refractivity contribution in [1.82, 2.24) is 0 Å². The minimum atomic E-state index is 0.203. The van der Waals surface area contributed by atoms with E-state index >= 15 is 0 Å². The van der Waals surface area contributed by atoms with E-state index in [1.54, 1.807) is 0 Å². The van der Waals surface area contributed by atoms with E-state index in [0.29, 0.717) is 5.56 Å². The highest BCUT2D eigenvalue weighted by Gasteiger charge is 2.07. The summed E-state index contributed by atoms with van der Waals surface area (Å²) >= 11 is 1.52. The van der Waals surface area contributed by atoms with Crippen molar-refractivity contribution in [2.24, 2.45) is 0 Å². The van der Waals surface area contributed by atoms with Crippen LogP contribution in [-0.2, 0) is 6.42 Å². The number of aldehydes is 1. The summed E-state index contributed by atoms with van der Waals surface area (Å²) in [6.45, 7) is 2.06. The van der Waals surface area contributed by atoms with Gasteiger partial charge in [0.2, 0.25) is 0 Å². The van der Waals surface area contributed by atoms with Crippen molar-refractivity contribution >= 4 is 27.7 Å². The summed E-state index contributed by atoms with van der Waals surface area (Å²) in [5.41, 5.74) is 1.71. The predicted molar refractivity (Wildman–Crippen MR) is 58.3 cm³/mol. The topological polar surface area (TPSA) is 37.3 Å². The van der Waals surface area contributed by atoms with Crippen LogP contribution in [0.1, 0.15) is 22.8 Å². The van der Waals surface area contributed by atoms with Crippen LogP contribution in [0.3, 0.4) is 0 Å². The number of rotatable bonds is 2. The van der Waals surface area contributed by atoms with Crippen LogP contribution in [-0.4, -0.2) is 11.4 Å². The van der Waals surface area contributed by atoms with Gasteiger partial charge in [0.25, 0.3) is 0 Å². The van der Waals surface area contributed by atoms with Crippen molar-refractivity contribution < 1.29 is 9.90 Å². The third kappa shape index (κ3) is 1.30. The zero-order chi connectivity index (χ0) is 10.1. The van der Waals surface area contributed by atoms with Crippen LogP contribution in [0, 0.1) is 0 Å². The number of hydrogen-bond acceptors (Lipinski definition) is 3. The van der Waals surface area contributed by atoms with Crippen LogP contribution in [0.25, 0.3) is 10.1 Å². The second-order valence-corrected chi connectivity index (χ2v) is 4.03. The van der Waals surface area contributed by atoms with E-state index in [2.05, 4.69) is 6.92 Å². The first-order valence-electron chi connectivity index (χ1n) is 4.44. The molecule has 14 heavy (non-hydrogen) atoms. The van der Waals surface area contributed by atoms with E-state index in [0.717, 1.165) is 22.8 Å². The highest BCUT2D eigenvalue weighted by Crippen LogP contribution is 2.34. The van der Waals surface area contributed by atoms with Crippen molar-refractivity contribution in [2.75, 3.05) is 0 Å². The molecule has 1 N–H and O–H groups in total. The fourth-order valence-corrected chi connectivity index (χ4v) is 2.58. The van der Waals surface area contributed by atoms with Crippen LogP contribution in [0.5, 0.6) is 5.75 Å². The minimum Gasteiger partial charge on any atom is -0.506 e. The summed E-state index contributed by atoms with van der Waals surface area (Å²) in [5, 5.41) is 12.7.